The van der Waals surface area contributed by atoms with Gasteiger partial charge in [0, 0.05) is 6.54 Å². The molecule has 1 aliphatic rings. The van der Waals surface area contributed by atoms with E-state index in [4.69, 9.17) is 11.6 Å². The molecule has 1 saturated carbocycles. The fraction of sp³-hybridized carbons (Fsp3) is 0.529. The second-order valence-corrected chi connectivity index (χ2v) is 5.92. The molecule has 1 aromatic rings. The largest absolute Gasteiger partial charge is 0.313 e. The van der Waals surface area contributed by atoms with E-state index in [1.807, 2.05) is 0 Å². The smallest absolute Gasteiger partial charge is 0.141 e. The molecular weight excluding hydrogens is 273 g/mol. The summed E-state index contributed by atoms with van der Waals surface area (Å²) in [6.45, 7) is 4.00. The zero-order valence-corrected chi connectivity index (χ0v) is 12.8. The first-order chi connectivity index (χ1) is 9.70. The highest BCUT2D eigenvalue weighted by molar-refractivity contribution is 6.30. The van der Waals surface area contributed by atoms with E-state index in [9.17, 15) is 4.39 Å². The Morgan fingerprint density at radius 1 is 1.35 bits per heavy atom. The van der Waals surface area contributed by atoms with E-state index in [-0.39, 0.29) is 10.8 Å². The van der Waals surface area contributed by atoms with Crippen molar-refractivity contribution in [1.29, 1.82) is 0 Å². The van der Waals surface area contributed by atoms with Crippen LogP contribution in [0.15, 0.2) is 23.8 Å². The van der Waals surface area contributed by atoms with Gasteiger partial charge in [-0.15, -0.1) is 0 Å². The predicted molar refractivity (Wildman–Crippen MR) is 84.5 cm³/mol. The summed E-state index contributed by atoms with van der Waals surface area (Å²) in [4.78, 5) is 0. The Kier molecular flexibility index (Phi) is 6.06. The average Bonchev–Trinajstić information content (AvgIpc) is 2.48. The van der Waals surface area contributed by atoms with Gasteiger partial charge in [0.05, 0.1) is 5.02 Å². The molecule has 0 aromatic heterocycles. The maximum absolute atomic E-state index is 13.2. The minimum absolute atomic E-state index is 0.199. The molecule has 110 valence electrons. The Balaban J connectivity index is 2.19. The second-order valence-electron chi connectivity index (χ2n) is 5.51. The van der Waals surface area contributed by atoms with Crippen LogP contribution in [0.2, 0.25) is 5.02 Å². The minimum Gasteiger partial charge on any atom is -0.313 e. The second kappa shape index (κ2) is 7.80. The van der Waals surface area contributed by atoms with Gasteiger partial charge in [-0.05, 0) is 43.0 Å². The Bertz CT molecular complexity index is 464. The molecule has 0 aliphatic heterocycles. The van der Waals surface area contributed by atoms with Gasteiger partial charge < -0.3 is 5.32 Å². The lowest BCUT2D eigenvalue weighted by atomic mass is 9.83. The SMILES string of the molecule is CCNC/C(=C/c1ccc(F)c(Cl)c1)C1CCCCC1. The Labute approximate surface area is 126 Å². The van der Waals surface area contributed by atoms with Crippen LogP contribution in [0.4, 0.5) is 4.39 Å². The standard InChI is InChI=1S/C17H23ClFN/c1-2-20-12-15(14-6-4-3-5-7-14)10-13-8-9-17(19)16(18)11-13/h8-11,14,20H,2-7,12H2,1H3/b15-10-. The molecule has 1 aromatic carbocycles. The van der Waals surface area contributed by atoms with Crippen LogP contribution >= 0.6 is 11.6 Å². The summed E-state index contributed by atoms with van der Waals surface area (Å²) in [5.41, 5.74) is 2.42. The number of benzene rings is 1. The van der Waals surface area contributed by atoms with Gasteiger partial charge in [-0.3, -0.25) is 0 Å². The van der Waals surface area contributed by atoms with Gasteiger partial charge in [0.1, 0.15) is 5.82 Å². The van der Waals surface area contributed by atoms with Crippen molar-refractivity contribution >= 4 is 17.7 Å². The van der Waals surface area contributed by atoms with E-state index in [1.54, 1.807) is 12.1 Å². The molecule has 2 rings (SSSR count). The average molecular weight is 296 g/mol. The number of hydrogen-bond donors (Lipinski definition) is 1. The van der Waals surface area contributed by atoms with E-state index in [0.717, 1.165) is 18.7 Å². The molecule has 0 spiro atoms. The van der Waals surface area contributed by atoms with E-state index in [0.29, 0.717) is 5.92 Å². The summed E-state index contributed by atoms with van der Waals surface area (Å²) in [7, 11) is 0. The van der Waals surface area contributed by atoms with E-state index < -0.39 is 0 Å². The quantitative estimate of drug-likeness (QED) is 0.801. The lowest BCUT2D eigenvalue weighted by molar-refractivity contribution is 0.397. The van der Waals surface area contributed by atoms with Crippen molar-refractivity contribution in [2.24, 2.45) is 5.92 Å². The molecule has 0 heterocycles. The molecule has 3 heteroatoms. The highest BCUT2D eigenvalue weighted by Gasteiger charge is 2.17. The monoisotopic (exact) mass is 295 g/mol. The molecule has 1 N–H and O–H groups in total. The summed E-state index contributed by atoms with van der Waals surface area (Å²) in [5, 5.41) is 3.62. The third-order valence-corrected chi connectivity index (χ3v) is 4.29. The predicted octanol–water partition coefficient (Wildman–Crippen LogP) is 5.05. The van der Waals surface area contributed by atoms with Crippen molar-refractivity contribution in [2.45, 2.75) is 39.0 Å². The van der Waals surface area contributed by atoms with Crippen LogP contribution in [-0.4, -0.2) is 13.1 Å². The molecule has 0 saturated heterocycles. The first kappa shape index (κ1) is 15.5. The van der Waals surface area contributed by atoms with E-state index in [1.165, 1.54) is 43.7 Å². The van der Waals surface area contributed by atoms with Gasteiger partial charge in [-0.1, -0.05) is 55.5 Å². The summed E-state index contributed by atoms with van der Waals surface area (Å²) in [6.07, 6.45) is 8.71. The van der Waals surface area contributed by atoms with Crippen molar-refractivity contribution in [3.8, 4) is 0 Å². The molecule has 0 bridgehead atoms. The first-order valence-corrected chi connectivity index (χ1v) is 7.94. The molecule has 0 radical (unpaired) electrons. The highest BCUT2D eigenvalue weighted by Crippen LogP contribution is 2.31. The maximum atomic E-state index is 13.2. The first-order valence-electron chi connectivity index (χ1n) is 7.57. The normalized spacial score (nSPS) is 17.4. The Hall–Kier alpha value is -0.860. The van der Waals surface area contributed by atoms with Gasteiger partial charge in [0.25, 0.3) is 0 Å². The lowest BCUT2D eigenvalue weighted by Crippen LogP contribution is -2.22. The number of likely N-dealkylation sites (N-methyl/N-ethyl adjacent to an activating group) is 1. The van der Waals surface area contributed by atoms with Crippen LogP contribution in [0.3, 0.4) is 0 Å². The Morgan fingerprint density at radius 3 is 2.75 bits per heavy atom. The van der Waals surface area contributed by atoms with Gasteiger partial charge in [0.15, 0.2) is 0 Å². The molecule has 1 fully saturated rings. The van der Waals surface area contributed by atoms with Crippen molar-refractivity contribution in [1.82, 2.24) is 5.32 Å². The molecular formula is C17H23ClFN. The number of nitrogens with one attached hydrogen (secondary N) is 1. The minimum atomic E-state index is -0.352. The van der Waals surface area contributed by atoms with Crippen LogP contribution in [0.25, 0.3) is 6.08 Å². The van der Waals surface area contributed by atoms with Crippen LogP contribution in [0, 0.1) is 11.7 Å². The topological polar surface area (TPSA) is 12.0 Å². The zero-order chi connectivity index (χ0) is 14.4. The maximum Gasteiger partial charge on any atom is 0.141 e. The number of hydrogen-bond acceptors (Lipinski definition) is 1. The van der Waals surface area contributed by atoms with Crippen molar-refractivity contribution in [2.75, 3.05) is 13.1 Å². The van der Waals surface area contributed by atoms with Crippen LogP contribution in [0.5, 0.6) is 0 Å². The lowest BCUT2D eigenvalue weighted by Gasteiger charge is -2.25. The van der Waals surface area contributed by atoms with Crippen molar-refractivity contribution in [3.05, 3.63) is 40.2 Å². The molecule has 1 nitrogen and oxygen atoms in total. The van der Waals surface area contributed by atoms with E-state index in [2.05, 4.69) is 18.3 Å². The molecule has 0 amide bonds. The summed E-state index contributed by atoms with van der Waals surface area (Å²) < 4.78 is 13.2. The molecule has 1 aliphatic carbocycles. The van der Waals surface area contributed by atoms with Gasteiger partial charge in [-0.25, -0.2) is 4.39 Å². The zero-order valence-electron chi connectivity index (χ0n) is 12.1. The van der Waals surface area contributed by atoms with Crippen molar-refractivity contribution < 1.29 is 4.39 Å². The molecule has 20 heavy (non-hydrogen) atoms. The molecule has 0 atom stereocenters. The summed E-state index contributed by atoms with van der Waals surface area (Å²) in [5.74, 6) is 0.307. The third kappa shape index (κ3) is 4.32. The van der Waals surface area contributed by atoms with Gasteiger partial charge in [0.2, 0.25) is 0 Å². The highest BCUT2D eigenvalue weighted by atomic mass is 35.5. The van der Waals surface area contributed by atoms with Crippen LogP contribution < -0.4 is 5.32 Å². The van der Waals surface area contributed by atoms with Gasteiger partial charge in [-0.2, -0.15) is 0 Å². The third-order valence-electron chi connectivity index (χ3n) is 4.00. The fourth-order valence-corrected chi connectivity index (χ4v) is 3.06. The number of rotatable bonds is 5. The fourth-order valence-electron chi connectivity index (χ4n) is 2.87. The summed E-state index contributed by atoms with van der Waals surface area (Å²) >= 11 is 5.87. The molecule has 0 unspecified atom stereocenters. The van der Waals surface area contributed by atoms with Crippen LogP contribution in [-0.2, 0) is 0 Å². The summed E-state index contributed by atoms with van der Waals surface area (Å²) in [6, 6.07) is 4.96. The van der Waals surface area contributed by atoms with E-state index >= 15 is 0 Å². The number of halogens is 2. The van der Waals surface area contributed by atoms with Gasteiger partial charge >= 0.3 is 0 Å². The van der Waals surface area contributed by atoms with Crippen molar-refractivity contribution in [3.63, 3.8) is 0 Å². The van der Waals surface area contributed by atoms with Crippen LogP contribution in [0.1, 0.15) is 44.6 Å². The Morgan fingerprint density at radius 2 is 2.10 bits per heavy atom.